The molecule has 21 heavy (non-hydrogen) atoms. The summed E-state index contributed by atoms with van der Waals surface area (Å²) in [4.78, 5) is 13.1. The highest BCUT2D eigenvalue weighted by atomic mass is 19.1. The molecule has 1 aromatic rings. The van der Waals surface area contributed by atoms with Crippen molar-refractivity contribution < 1.29 is 13.9 Å². The minimum Gasteiger partial charge on any atom is -0.375 e. The third-order valence-corrected chi connectivity index (χ3v) is 4.27. The summed E-state index contributed by atoms with van der Waals surface area (Å²) >= 11 is 0. The Morgan fingerprint density at radius 1 is 1.24 bits per heavy atom. The second-order valence-corrected chi connectivity index (χ2v) is 5.94. The molecule has 0 saturated heterocycles. The SMILES string of the molecule is CC1CCC(N(C=O)CCOCc2ccc(F)cc2)CC1. The monoisotopic (exact) mass is 293 g/mol. The molecular weight excluding hydrogens is 269 g/mol. The molecule has 0 bridgehead atoms. The van der Waals surface area contributed by atoms with E-state index in [1.54, 1.807) is 12.1 Å². The average Bonchev–Trinajstić information content (AvgIpc) is 2.50. The fourth-order valence-corrected chi connectivity index (χ4v) is 2.84. The topological polar surface area (TPSA) is 29.5 Å². The number of hydrogen-bond acceptors (Lipinski definition) is 2. The van der Waals surface area contributed by atoms with Gasteiger partial charge in [-0.25, -0.2) is 4.39 Å². The first-order valence-electron chi connectivity index (χ1n) is 7.72. The molecule has 1 aromatic carbocycles. The fourth-order valence-electron chi connectivity index (χ4n) is 2.84. The molecule has 0 atom stereocenters. The van der Waals surface area contributed by atoms with Gasteiger partial charge < -0.3 is 9.64 Å². The predicted molar refractivity (Wildman–Crippen MR) is 80.2 cm³/mol. The lowest BCUT2D eigenvalue weighted by atomic mass is 9.87. The summed E-state index contributed by atoms with van der Waals surface area (Å²) in [5, 5.41) is 0. The molecule has 3 nitrogen and oxygen atoms in total. The first-order valence-corrected chi connectivity index (χ1v) is 7.72. The van der Waals surface area contributed by atoms with E-state index >= 15 is 0 Å². The summed E-state index contributed by atoms with van der Waals surface area (Å²) in [6.07, 6.45) is 5.54. The lowest BCUT2D eigenvalue weighted by molar-refractivity contribution is -0.122. The maximum absolute atomic E-state index is 12.8. The number of ether oxygens (including phenoxy) is 1. The average molecular weight is 293 g/mol. The van der Waals surface area contributed by atoms with Gasteiger partial charge in [-0.2, -0.15) is 0 Å². The third kappa shape index (κ3) is 5.12. The van der Waals surface area contributed by atoms with E-state index in [1.807, 2.05) is 4.90 Å². The molecule has 2 rings (SSSR count). The molecule has 1 amide bonds. The molecule has 1 fully saturated rings. The van der Waals surface area contributed by atoms with Crippen molar-refractivity contribution in [2.24, 2.45) is 5.92 Å². The Balaban J connectivity index is 1.68. The van der Waals surface area contributed by atoms with E-state index in [0.717, 1.165) is 30.7 Å². The van der Waals surface area contributed by atoms with Crippen molar-refractivity contribution in [3.05, 3.63) is 35.6 Å². The van der Waals surface area contributed by atoms with E-state index in [4.69, 9.17) is 4.74 Å². The minimum atomic E-state index is -0.239. The van der Waals surface area contributed by atoms with Crippen molar-refractivity contribution in [3.63, 3.8) is 0 Å². The van der Waals surface area contributed by atoms with E-state index in [1.165, 1.54) is 25.0 Å². The van der Waals surface area contributed by atoms with Gasteiger partial charge in [0.1, 0.15) is 5.82 Å². The van der Waals surface area contributed by atoms with E-state index in [2.05, 4.69) is 6.92 Å². The quantitative estimate of drug-likeness (QED) is 0.570. The lowest BCUT2D eigenvalue weighted by Crippen LogP contribution is -2.38. The van der Waals surface area contributed by atoms with Crippen LogP contribution >= 0.6 is 0 Å². The molecule has 116 valence electrons. The summed E-state index contributed by atoms with van der Waals surface area (Å²) in [6, 6.07) is 6.66. The summed E-state index contributed by atoms with van der Waals surface area (Å²) in [5.74, 6) is 0.543. The highest BCUT2D eigenvalue weighted by Gasteiger charge is 2.22. The van der Waals surface area contributed by atoms with Crippen LogP contribution in [0.25, 0.3) is 0 Å². The number of nitrogens with zero attached hydrogens (tertiary/aromatic N) is 1. The van der Waals surface area contributed by atoms with Crippen molar-refractivity contribution in [2.75, 3.05) is 13.2 Å². The first-order chi connectivity index (χ1) is 10.2. The predicted octanol–water partition coefficient (Wildman–Crippen LogP) is 3.38. The number of carbonyl (C=O) groups excluding carboxylic acids is 1. The Kier molecular flexibility index (Phi) is 6.18. The highest BCUT2D eigenvalue weighted by molar-refractivity contribution is 5.47. The van der Waals surface area contributed by atoms with Crippen molar-refractivity contribution in [2.45, 2.75) is 45.3 Å². The van der Waals surface area contributed by atoms with E-state index in [0.29, 0.717) is 25.8 Å². The number of halogens is 1. The van der Waals surface area contributed by atoms with Gasteiger partial charge >= 0.3 is 0 Å². The van der Waals surface area contributed by atoms with Crippen LogP contribution in [0.5, 0.6) is 0 Å². The van der Waals surface area contributed by atoms with Gasteiger partial charge in [-0.15, -0.1) is 0 Å². The Morgan fingerprint density at radius 2 is 1.90 bits per heavy atom. The van der Waals surface area contributed by atoms with Crippen molar-refractivity contribution >= 4 is 6.41 Å². The van der Waals surface area contributed by atoms with Gasteiger partial charge in [0.25, 0.3) is 0 Å². The van der Waals surface area contributed by atoms with Crippen molar-refractivity contribution in [1.29, 1.82) is 0 Å². The molecule has 0 spiro atoms. The summed E-state index contributed by atoms with van der Waals surface area (Å²) < 4.78 is 18.4. The maximum Gasteiger partial charge on any atom is 0.210 e. The van der Waals surface area contributed by atoms with Gasteiger partial charge in [-0.3, -0.25) is 4.79 Å². The molecule has 0 aliphatic heterocycles. The molecule has 1 saturated carbocycles. The fraction of sp³-hybridized carbons (Fsp3) is 0.588. The van der Waals surface area contributed by atoms with E-state index in [-0.39, 0.29) is 5.82 Å². The van der Waals surface area contributed by atoms with Crippen LogP contribution in [0.2, 0.25) is 0 Å². The van der Waals surface area contributed by atoms with Crippen LogP contribution in [-0.4, -0.2) is 30.5 Å². The summed E-state index contributed by atoms with van der Waals surface area (Å²) in [5.41, 5.74) is 0.945. The van der Waals surface area contributed by atoms with Crippen molar-refractivity contribution in [1.82, 2.24) is 4.90 Å². The van der Waals surface area contributed by atoms with E-state index < -0.39 is 0 Å². The second kappa shape index (κ2) is 8.13. The number of rotatable bonds is 7. The van der Waals surface area contributed by atoms with Crippen molar-refractivity contribution in [3.8, 4) is 0 Å². The molecule has 4 heteroatoms. The molecule has 0 heterocycles. The van der Waals surface area contributed by atoms with E-state index in [9.17, 15) is 9.18 Å². The second-order valence-electron chi connectivity index (χ2n) is 5.94. The van der Waals surface area contributed by atoms with Gasteiger partial charge in [0.15, 0.2) is 0 Å². The van der Waals surface area contributed by atoms with Gasteiger partial charge in [-0.05, 0) is 49.3 Å². The third-order valence-electron chi connectivity index (χ3n) is 4.27. The van der Waals surface area contributed by atoms with Crippen LogP contribution in [0.4, 0.5) is 4.39 Å². The normalized spacial score (nSPS) is 22.0. The standard InChI is InChI=1S/C17H24FNO2/c1-14-2-8-17(9-3-14)19(13-20)10-11-21-12-15-4-6-16(18)7-5-15/h4-7,13-14,17H,2-3,8-12H2,1H3. The summed E-state index contributed by atoms with van der Waals surface area (Å²) in [6.45, 7) is 3.87. The lowest BCUT2D eigenvalue weighted by Gasteiger charge is -2.33. The Bertz CT molecular complexity index is 427. The smallest absolute Gasteiger partial charge is 0.210 e. The van der Waals surface area contributed by atoms with Gasteiger partial charge in [0.2, 0.25) is 6.41 Å². The van der Waals surface area contributed by atoms with Gasteiger partial charge in [-0.1, -0.05) is 19.1 Å². The Labute approximate surface area is 126 Å². The Morgan fingerprint density at radius 3 is 2.52 bits per heavy atom. The van der Waals surface area contributed by atoms with Crippen LogP contribution in [0.3, 0.4) is 0 Å². The minimum absolute atomic E-state index is 0.239. The molecule has 0 aromatic heterocycles. The van der Waals surface area contributed by atoms with Crippen LogP contribution in [0, 0.1) is 11.7 Å². The van der Waals surface area contributed by atoms with Crippen LogP contribution in [0.15, 0.2) is 24.3 Å². The first kappa shape index (κ1) is 16.0. The number of hydrogen-bond donors (Lipinski definition) is 0. The number of benzene rings is 1. The van der Waals surface area contributed by atoms with Crippen LogP contribution < -0.4 is 0 Å². The molecule has 1 aliphatic carbocycles. The van der Waals surface area contributed by atoms with Crippen LogP contribution in [-0.2, 0) is 16.1 Å². The zero-order valence-electron chi connectivity index (χ0n) is 12.6. The maximum atomic E-state index is 12.8. The van der Waals surface area contributed by atoms with Crippen LogP contribution in [0.1, 0.15) is 38.2 Å². The zero-order chi connectivity index (χ0) is 15.1. The largest absolute Gasteiger partial charge is 0.375 e. The van der Waals surface area contributed by atoms with Gasteiger partial charge in [0, 0.05) is 12.6 Å². The molecule has 0 unspecified atom stereocenters. The number of carbonyl (C=O) groups is 1. The molecule has 0 N–H and O–H groups in total. The number of amides is 1. The highest BCUT2D eigenvalue weighted by Crippen LogP contribution is 2.26. The zero-order valence-corrected chi connectivity index (χ0v) is 12.6. The summed E-state index contributed by atoms with van der Waals surface area (Å²) in [7, 11) is 0. The molecular formula is C17H24FNO2. The Hall–Kier alpha value is -1.42. The molecule has 1 aliphatic rings. The van der Waals surface area contributed by atoms with Gasteiger partial charge in [0.05, 0.1) is 13.2 Å². The molecule has 0 radical (unpaired) electrons.